The number of ether oxygens (including phenoxy) is 1. The van der Waals surface area contributed by atoms with E-state index in [1.807, 2.05) is 12.1 Å². The van der Waals surface area contributed by atoms with Crippen LogP contribution >= 0.6 is 12.2 Å². The van der Waals surface area contributed by atoms with Crippen LogP contribution in [0.3, 0.4) is 0 Å². The molecule has 0 saturated carbocycles. The van der Waals surface area contributed by atoms with Crippen LogP contribution in [0.25, 0.3) is 0 Å². The lowest BCUT2D eigenvalue weighted by Gasteiger charge is -2.35. The first-order valence-electron chi connectivity index (χ1n) is 6.27. The largest absolute Gasteiger partial charge is 0.388 e. The highest BCUT2D eigenvalue weighted by molar-refractivity contribution is 7.80. The normalized spacial score (nSPS) is 20.8. The molecule has 0 amide bonds. The van der Waals surface area contributed by atoms with Crippen molar-refractivity contribution in [2.75, 3.05) is 19.8 Å². The van der Waals surface area contributed by atoms with Crippen LogP contribution in [-0.4, -0.2) is 40.7 Å². The summed E-state index contributed by atoms with van der Waals surface area (Å²) in [4.78, 5) is 6.96. The van der Waals surface area contributed by atoms with E-state index in [1.54, 1.807) is 6.20 Å². The first kappa shape index (κ1) is 13.4. The van der Waals surface area contributed by atoms with E-state index < -0.39 is 0 Å². The summed E-state index contributed by atoms with van der Waals surface area (Å²) in [6.45, 7) is 5.70. The number of aromatic nitrogens is 1. The minimum absolute atomic E-state index is 0.353. The standard InChI is InChI=1S/C13H19N3OS/c1-2-11-9-17-6-5-16(11)8-10-3-4-15-12(7-10)13(14)18/h3-4,7,11H,2,5-6,8-9H2,1H3,(H2,14,18). The molecule has 0 aliphatic carbocycles. The Morgan fingerprint density at radius 2 is 2.50 bits per heavy atom. The van der Waals surface area contributed by atoms with E-state index >= 15 is 0 Å². The molecule has 5 heteroatoms. The summed E-state index contributed by atoms with van der Waals surface area (Å²) in [6, 6.07) is 4.49. The molecule has 4 nitrogen and oxygen atoms in total. The predicted molar refractivity (Wildman–Crippen MR) is 75.4 cm³/mol. The van der Waals surface area contributed by atoms with Crippen molar-refractivity contribution >= 4 is 17.2 Å². The van der Waals surface area contributed by atoms with Gasteiger partial charge in [0.2, 0.25) is 0 Å². The molecule has 0 bridgehead atoms. The second kappa shape index (κ2) is 6.22. The van der Waals surface area contributed by atoms with Crippen LogP contribution in [-0.2, 0) is 11.3 Å². The molecule has 2 rings (SSSR count). The molecule has 2 N–H and O–H groups in total. The number of hydrogen-bond donors (Lipinski definition) is 1. The fourth-order valence-electron chi connectivity index (χ4n) is 2.22. The summed E-state index contributed by atoms with van der Waals surface area (Å²) in [5.74, 6) is 0. The van der Waals surface area contributed by atoms with Crippen LogP contribution in [0.1, 0.15) is 24.6 Å². The van der Waals surface area contributed by atoms with Gasteiger partial charge in [-0.05, 0) is 24.1 Å². The molecule has 1 atom stereocenters. The molecular formula is C13H19N3OS. The van der Waals surface area contributed by atoms with Crippen molar-refractivity contribution in [3.8, 4) is 0 Å². The van der Waals surface area contributed by atoms with Gasteiger partial charge in [0.25, 0.3) is 0 Å². The molecule has 98 valence electrons. The van der Waals surface area contributed by atoms with E-state index in [0.717, 1.165) is 32.7 Å². The smallest absolute Gasteiger partial charge is 0.122 e. The van der Waals surface area contributed by atoms with Crippen molar-refractivity contribution < 1.29 is 4.74 Å². The highest BCUT2D eigenvalue weighted by atomic mass is 32.1. The van der Waals surface area contributed by atoms with E-state index in [-0.39, 0.29) is 0 Å². The molecule has 1 aromatic heterocycles. The fraction of sp³-hybridized carbons (Fsp3) is 0.538. The Hall–Kier alpha value is -1.04. The number of morpholine rings is 1. The van der Waals surface area contributed by atoms with Gasteiger partial charge in [-0.3, -0.25) is 9.88 Å². The average molecular weight is 265 g/mol. The number of pyridine rings is 1. The monoisotopic (exact) mass is 265 g/mol. The highest BCUT2D eigenvalue weighted by Crippen LogP contribution is 2.14. The van der Waals surface area contributed by atoms with Gasteiger partial charge in [-0.25, -0.2) is 0 Å². The quantitative estimate of drug-likeness (QED) is 0.832. The third-order valence-electron chi connectivity index (χ3n) is 3.28. The minimum atomic E-state index is 0.353. The molecule has 0 spiro atoms. The number of hydrogen-bond acceptors (Lipinski definition) is 4. The van der Waals surface area contributed by atoms with Gasteiger partial charge in [-0.1, -0.05) is 19.1 Å². The summed E-state index contributed by atoms with van der Waals surface area (Å²) >= 11 is 4.95. The van der Waals surface area contributed by atoms with Crippen molar-refractivity contribution in [1.29, 1.82) is 0 Å². The SMILES string of the molecule is CCC1COCCN1Cc1ccnc(C(N)=S)c1. The molecule has 1 saturated heterocycles. The number of thiocarbonyl (C=S) groups is 1. The topological polar surface area (TPSA) is 51.4 Å². The van der Waals surface area contributed by atoms with E-state index in [2.05, 4.69) is 16.8 Å². The van der Waals surface area contributed by atoms with Crippen LogP contribution in [0.4, 0.5) is 0 Å². The summed E-state index contributed by atoms with van der Waals surface area (Å²) in [5.41, 5.74) is 7.50. The second-order valence-electron chi connectivity index (χ2n) is 4.52. The third-order valence-corrected chi connectivity index (χ3v) is 3.49. The van der Waals surface area contributed by atoms with Crippen molar-refractivity contribution in [1.82, 2.24) is 9.88 Å². The Bertz CT molecular complexity index is 424. The van der Waals surface area contributed by atoms with Gasteiger partial charge in [0, 0.05) is 25.3 Å². The summed E-state index contributed by atoms with van der Waals surface area (Å²) in [7, 11) is 0. The molecule has 1 fully saturated rings. The zero-order valence-corrected chi connectivity index (χ0v) is 11.4. The van der Waals surface area contributed by atoms with Crippen molar-refractivity contribution in [2.24, 2.45) is 5.73 Å². The number of nitrogens with two attached hydrogens (primary N) is 1. The van der Waals surface area contributed by atoms with E-state index in [4.69, 9.17) is 22.7 Å². The lowest BCUT2D eigenvalue weighted by Crippen LogP contribution is -2.44. The Balaban J connectivity index is 2.07. The Kier molecular flexibility index (Phi) is 4.63. The van der Waals surface area contributed by atoms with Crippen LogP contribution in [0.5, 0.6) is 0 Å². The van der Waals surface area contributed by atoms with Crippen LogP contribution in [0.2, 0.25) is 0 Å². The Labute approximate surface area is 113 Å². The summed E-state index contributed by atoms with van der Waals surface area (Å²) in [5, 5.41) is 0. The van der Waals surface area contributed by atoms with Gasteiger partial charge < -0.3 is 10.5 Å². The van der Waals surface area contributed by atoms with Crippen molar-refractivity contribution in [3.05, 3.63) is 29.6 Å². The highest BCUT2D eigenvalue weighted by Gasteiger charge is 2.21. The second-order valence-corrected chi connectivity index (χ2v) is 4.96. The van der Waals surface area contributed by atoms with Gasteiger partial charge >= 0.3 is 0 Å². The van der Waals surface area contributed by atoms with Crippen molar-refractivity contribution in [2.45, 2.75) is 25.9 Å². The molecule has 1 unspecified atom stereocenters. The van der Waals surface area contributed by atoms with Crippen LogP contribution < -0.4 is 5.73 Å². The summed E-state index contributed by atoms with van der Waals surface area (Å²) < 4.78 is 5.51. The van der Waals surface area contributed by atoms with Gasteiger partial charge in [0.1, 0.15) is 4.99 Å². The van der Waals surface area contributed by atoms with Crippen LogP contribution in [0, 0.1) is 0 Å². The molecule has 0 aromatic carbocycles. The molecule has 2 heterocycles. The third kappa shape index (κ3) is 3.25. The fourth-order valence-corrected chi connectivity index (χ4v) is 2.33. The molecule has 1 aromatic rings. The Morgan fingerprint density at radius 1 is 1.67 bits per heavy atom. The maximum Gasteiger partial charge on any atom is 0.122 e. The van der Waals surface area contributed by atoms with Gasteiger partial charge in [-0.15, -0.1) is 0 Å². The van der Waals surface area contributed by atoms with E-state index in [1.165, 1.54) is 5.56 Å². The first-order valence-corrected chi connectivity index (χ1v) is 6.68. The molecule has 0 radical (unpaired) electrons. The van der Waals surface area contributed by atoms with E-state index in [9.17, 15) is 0 Å². The molecular weight excluding hydrogens is 246 g/mol. The van der Waals surface area contributed by atoms with Crippen LogP contribution in [0.15, 0.2) is 18.3 Å². The number of rotatable bonds is 4. The average Bonchev–Trinajstić information content (AvgIpc) is 2.39. The zero-order valence-electron chi connectivity index (χ0n) is 10.6. The summed E-state index contributed by atoms with van der Waals surface area (Å²) in [6.07, 6.45) is 2.87. The van der Waals surface area contributed by atoms with Crippen molar-refractivity contribution in [3.63, 3.8) is 0 Å². The van der Waals surface area contributed by atoms with Gasteiger partial charge in [0.05, 0.1) is 18.9 Å². The maximum absolute atomic E-state index is 5.60. The molecule has 1 aliphatic rings. The van der Waals surface area contributed by atoms with E-state index in [0.29, 0.717) is 16.7 Å². The molecule has 18 heavy (non-hydrogen) atoms. The first-order chi connectivity index (χ1) is 8.70. The lowest BCUT2D eigenvalue weighted by atomic mass is 10.1. The number of nitrogens with zero attached hydrogens (tertiary/aromatic N) is 2. The predicted octanol–water partition coefficient (Wildman–Crippen LogP) is 1.33. The Morgan fingerprint density at radius 3 is 3.22 bits per heavy atom. The van der Waals surface area contributed by atoms with Gasteiger partial charge in [-0.2, -0.15) is 0 Å². The molecule has 1 aliphatic heterocycles. The lowest BCUT2D eigenvalue weighted by molar-refractivity contribution is -0.0127. The maximum atomic E-state index is 5.60. The minimum Gasteiger partial charge on any atom is -0.388 e. The van der Waals surface area contributed by atoms with Gasteiger partial charge in [0.15, 0.2) is 0 Å². The zero-order chi connectivity index (χ0) is 13.0.